The Morgan fingerprint density at radius 1 is 1.03 bits per heavy atom. The monoisotopic (exact) mass is 496 g/mol. The van der Waals surface area contributed by atoms with E-state index in [0.717, 1.165) is 45.4 Å². The number of aliphatic carboxylic acids is 1. The summed E-state index contributed by atoms with van der Waals surface area (Å²) in [4.78, 5) is 30.5. The third kappa shape index (κ3) is 3.49. The summed E-state index contributed by atoms with van der Waals surface area (Å²) in [6.07, 6.45) is 6.20. The molecule has 4 aliphatic carbocycles. The Bertz CT molecular complexity index is 1220. The van der Waals surface area contributed by atoms with Gasteiger partial charge in [0, 0.05) is 31.9 Å². The second kappa shape index (κ2) is 8.26. The topological polar surface area (TPSA) is 78.7 Å². The largest absolute Gasteiger partial charge is 0.481 e. The van der Waals surface area contributed by atoms with Crippen molar-refractivity contribution in [1.82, 2.24) is 9.78 Å². The van der Waals surface area contributed by atoms with Gasteiger partial charge in [0.25, 0.3) is 5.56 Å². The van der Waals surface area contributed by atoms with Gasteiger partial charge in [0.05, 0.1) is 23.3 Å². The van der Waals surface area contributed by atoms with Crippen molar-refractivity contribution in [2.75, 3.05) is 36.0 Å². The van der Waals surface area contributed by atoms with Crippen LogP contribution in [0.25, 0.3) is 0 Å². The van der Waals surface area contributed by atoms with Crippen LogP contribution in [0, 0.1) is 37.5 Å². The molecule has 1 saturated heterocycles. The van der Waals surface area contributed by atoms with Crippen LogP contribution >= 0.6 is 11.6 Å². The highest BCUT2D eigenvalue weighted by atomic mass is 35.5. The summed E-state index contributed by atoms with van der Waals surface area (Å²) in [5.74, 6) is -0.278. The predicted octanol–water partition coefficient (Wildman–Crippen LogP) is 4.08. The standard InChI is InChI=1S/C27H33ClN4O3/c1-16-4-3-5-21(17(16)2)30-6-8-31(9-7-30)22-15-29-32(25(33)24(22)28)27-13-18-10-19(14-27)12-20(11-18)23(27)26(34)35/h3-5,15,18-20,23H,6-14H2,1-2H3,(H,34,35). The summed E-state index contributed by atoms with van der Waals surface area (Å²) >= 11 is 6.72. The molecular formula is C27H33ClN4O3. The normalized spacial score (nSPS) is 31.7. The molecule has 2 heterocycles. The fourth-order valence-corrected chi connectivity index (χ4v) is 8.21. The fraction of sp³-hybridized carbons (Fsp3) is 0.593. The quantitative estimate of drug-likeness (QED) is 0.687. The van der Waals surface area contributed by atoms with Crippen LogP contribution in [0.3, 0.4) is 0 Å². The van der Waals surface area contributed by atoms with Gasteiger partial charge in [0.15, 0.2) is 0 Å². The maximum atomic E-state index is 13.6. The van der Waals surface area contributed by atoms with Crippen LogP contribution in [0.15, 0.2) is 29.2 Å². The first-order chi connectivity index (χ1) is 16.8. The van der Waals surface area contributed by atoms with Crippen LogP contribution in [-0.4, -0.2) is 47.0 Å². The lowest BCUT2D eigenvalue weighted by Gasteiger charge is -2.59. The predicted molar refractivity (Wildman–Crippen MR) is 137 cm³/mol. The molecule has 1 N–H and O–H groups in total. The first-order valence-electron chi connectivity index (χ1n) is 12.9. The van der Waals surface area contributed by atoms with Gasteiger partial charge in [-0.25, -0.2) is 4.68 Å². The van der Waals surface area contributed by atoms with Crippen molar-refractivity contribution in [2.45, 2.75) is 51.5 Å². The van der Waals surface area contributed by atoms with Crippen LogP contribution in [-0.2, 0) is 10.3 Å². The summed E-state index contributed by atoms with van der Waals surface area (Å²) in [5.41, 5.74) is 3.41. The smallest absolute Gasteiger partial charge is 0.309 e. The van der Waals surface area contributed by atoms with Crippen LogP contribution in [0.1, 0.15) is 43.2 Å². The zero-order valence-corrected chi connectivity index (χ0v) is 21.2. The lowest BCUT2D eigenvalue weighted by atomic mass is 9.48. The van der Waals surface area contributed by atoms with Crippen LogP contribution in [0.2, 0.25) is 5.02 Å². The number of rotatable bonds is 4. The highest BCUT2D eigenvalue weighted by Gasteiger charge is 2.61. The van der Waals surface area contributed by atoms with Crippen molar-refractivity contribution in [3.63, 3.8) is 0 Å². The molecule has 7 nitrogen and oxygen atoms in total. The molecule has 186 valence electrons. The molecule has 8 heteroatoms. The molecule has 3 atom stereocenters. The highest BCUT2D eigenvalue weighted by Crippen LogP contribution is 2.61. The molecule has 0 spiro atoms. The Hall–Kier alpha value is -2.54. The van der Waals surface area contributed by atoms with E-state index in [1.165, 1.54) is 21.5 Å². The third-order valence-corrected chi connectivity index (χ3v) is 9.75. The number of hydrogen-bond acceptors (Lipinski definition) is 5. The number of benzene rings is 1. The Labute approximate surface area is 210 Å². The molecule has 4 saturated carbocycles. The number of anilines is 2. The first-order valence-corrected chi connectivity index (χ1v) is 13.2. The number of carboxylic acid groups (broad SMARTS) is 1. The average molecular weight is 497 g/mol. The highest BCUT2D eigenvalue weighted by molar-refractivity contribution is 6.33. The number of aryl methyl sites for hydroxylation is 1. The molecule has 1 aromatic heterocycles. The summed E-state index contributed by atoms with van der Waals surface area (Å²) in [6.45, 7) is 7.45. The van der Waals surface area contributed by atoms with Crippen molar-refractivity contribution in [1.29, 1.82) is 0 Å². The third-order valence-electron chi connectivity index (χ3n) is 9.40. The summed E-state index contributed by atoms with van der Waals surface area (Å²) in [7, 11) is 0. The van der Waals surface area contributed by atoms with Crippen molar-refractivity contribution < 1.29 is 9.90 Å². The molecular weight excluding hydrogens is 464 g/mol. The summed E-state index contributed by atoms with van der Waals surface area (Å²) in [5, 5.41) is 15.0. The van der Waals surface area contributed by atoms with Gasteiger partial charge in [0.2, 0.25) is 0 Å². The lowest BCUT2D eigenvalue weighted by Crippen LogP contribution is -2.63. The van der Waals surface area contributed by atoms with E-state index in [4.69, 9.17) is 11.6 Å². The van der Waals surface area contributed by atoms with Crippen molar-refractivity contribution >= 4 is 28.9 Å². The maximum Gasteiger partial charge on any atom is 0.309 e. The van der Waals surface area contributed by atoms with Crippen LogP contribution in [0.5, 0.6) is 0 Å². The Kier molecular flexibility index (Phi) is 5.40. The van der Waals surface area contributed by atoms with E-state index in [1.54, 1.807) is 6.20 Å². The van der Waals surface area contributed by atoms with Crippen molar-refractivity contribution in [2.24, 2.45) is 23.7 Å². The number of carboxylic acids is 1. The number of hydrogen-bond donors (Lipinski definition) is 1. The van der Waals surface area contributed by atoms with E-state index in [-0.39, 0.29) is 16.5 Å². The second-order valence-electron chi connectivity index (χ2n) is 11.3. The van der Waals surface area contributed by atoms with Crippen molar-refractivity contribution in [3.8, 4) is 0 Å². The average Bonchev–Trinajstić information content (AvgIpc) is 2.82. The SMILES string of the molecule is Cc1cccc(N2CCN(c3cnn(C45CC6CC(CC(C6)C4C(=O)O)C5)c(=O)c3Cl)CC2)c1C. The molecule has 0 radical (unpaired) electrons. The first kappa shape index (κ1) is 22.9. The van der Waals surface area contributed by atoms with Gasteiger partial charge in [-0.05, 0) is 80.9 Å². The van der Waals surface area contributed by atoms with E-state index < -0.39 is 17.4 Å². The molecule has 1 aliphatic heterocycles. The molecule has 5 fully saturated rings. The van der Waals surface area contributed by atoms with E-state index in [1.807, 2.05) is 0 Å². The Morgan fingerprint density at radius 3 is 2.29 bits per heavy atom. The second-order valence-corrected chi connectivity index (χ2v) is 11.7. The van der Waals surface area contributed by atoms with E-state index in [9.17, 15) is 14.7 Å². The van der Waals surface area contributed by atoms with Gasteiger partial charge in [0.1, 0.15) is 5.02 Å². The van der Waals surface area contributed by atoms with Gasteiger partial charge < -0.3 is 14.9 Å². The zero-order valence-electron chi connectivity index (χ0n) is 20.4. The van der Waals surface area contributed by atoms with Gasteiger partial charge in [-0.15, -0.1) is 0 Å². The van der Waals surface area contributed by atoms with Gasteiger partial charge >= 0.3 is 5.97 Å². The molecule has 1 aromatic carbocycles. The minimum atomic E-state index is -0.801. The molecule has 5 aliphatic rings. The van der Waals surface area contributed by atoms with Crippen LogP contribution in [0.4, 0.5) is 11.4 Å². The number of aromatic nitrogens is 2. The van der Waals surface area contributed by atoms with E-state index in [0.29, 0.717) is 30.4 Å². The molecule has 0 amide bonds. The van der Waals surface area contributed by atoms with E-state index >= 15 is 0 Å². The molecule has 7 rings (SSSR count). The number of nitrogens with zero attached hydrogens (tertiary/aromatic N) is 4. The van der Waals surface area contributed by atoms with Gasteiger partial charge in [-0.3, -0.25) is 9.59 Å². The van der Waals surface area contributed by atoms with Crippen molar-refractivity contribution in [3.05, 3.63) is 50.9 Å². The number of piperazine rings is 1. The molecule has 2 aromatic rings. The fourth-order valence-electron chi connectivity index (χ4n) is 7.96. The minimum absolute atomic E-state index is 0.129. The Morgan fingerprint density at radius 2 is 1.66 bits per heavy atom. The minimum Gasteiger partial charge on any atom is -0.481 e. The maximum absolute atomic E-state index is 13.6. The zero-order chi connectivity index (χ0) is 24.5. The number of halogens is 1. The van der Waals surface area contributed by atoms with Crippen LogP contribution < -0.4 is 15.4 Å². The van der Waals surface area contributed by atoms with Gasteiger partial charge in [-0.2, -0.15) is 5.10 Å². The summed E-state index contributed by atoms with van der Waals surface area (Å²) in [6, 6.07) is 6.39. The Balaban J connectivity index is 1.28. The molecule has 35 heavy (non-hydrogen) atoms. The number of carbonyl (C=O) groups is 1. The van der Waals surface area contributed by atoms with Gasteiger partial charge in [-0.1, -0.05) is 23.7 Å². The molecule has 4 bridgehead atoms. The molecule has 3 unspecified atom stereocenters. The van der Waals surface area contributed by atoms with E-state index in [2.05, 4.69) is 46.9 Å². The summed E-state index contributed by atoms with van der Waals surface area (Å²) < 4.78 is 1.48. The lowest BCUT2D eigenvalue weighted by molar-refractivity contribution is -0.168.